The van der Waals surface area contributed by atoms with Crippen LogP contribution in [0.25, 0.3) is 0 Å². The number of carboxylic acids is 1. The number of hydrogen-bond donors (Lipinski definition) is 2. The van der Waals surface area contributed by atoms with Crippen LogP contribution in [-0.2, 0) is 39.8 Å². The summed E-state index contributed by atoms with van der Waals surface area (Å²) in [6.07, 6.45) is 11.6. The van der Waals surface area contributed by atoms with E-state index in [-0.39, 0.29) is 6.42 Å². The van der Waals surface area contributed by atoms with Gasteiger partial charge in [-0.05, 0) is 22.9 Å². The lowest BCUT2D eigenvalue weighted by Gasteiger charge is -2.03. The third kappa shape index (κ3) is 24.5. The second kappa shape index (κ2) is 20.8. The molecule has 11 heteroatoms. The van der Waals surface area contributed by atoms with E-state index in [1.165, 1.54) is 38.5 Å². The average Bonchev–Trinajstić information content (AvgIpc) is 2.62. The first-order valence-electron chi connectivity index (χ1n) is 9.20. The maximum absolute atomic E-state index is 10.4. The van der Waals surface area contributed by atoms with E-state index in [9.17, 15) is 9.59 Å². The molecule has 0 fully saturated rings. The summed E-state index contributed by atoms with van der Waals surface area (Å²) in [7, 11) is 0. The predicted molar refractivity (Wildman–Crippen MR) is 88.1 cm³/mol. The Balaban J connectivity index is 3.01. The van der Waals surface area contributed by atoms with E-state index >= 15 is 0 Å². The van der Waals surface area contributed by atoms with Gasteiger partial charge < -0.3 is 10.2 Å². The Kier molecular flexibility index (Phi) is 19.7. The molecule has 0 radical (unpaired) electrons. The van der Waals surface area contributed by atoms with Crippen molar-refractivity contribution >= 4 is 12.1 Å². The van der Waals surface area contributed by atoms with Gasteiger partial charge in [0, 0.05) is 21.5 Å². The monoisotopic (exact) mass is 398 g/mol. The van der Waals surface area contributed by atoms with Crippen molar-refractivity contribution in [2.45, 2.75) is 83.5 Å². The average molecular weight is 398 g/mol. The Labute approximate surface area is 157 Å². The Morgan fingerprint density at radius 3 is 1.52 bits per heavy atom. The first-order chi connectivity index (χ1) is 13.1. The van der Waals surface area contributed by atoms with Crippen LogP contribution in [0.1, 0.15) is 83.5 Å². The van der Waals surface area contributed by atoms with E-state index in [1.807, 2.05) is 0 Å². The molecule has 0 bridgehead atoms. The summed E-state index contributed by atoms with van der Waals surface area (Å²) >= 11 is 0. The summed E-state index contributed by atoms with van der Waals surface area (Å²) in [6.45, 7) is 0.303. The minimum absolute atomic E-state index is 0.283. The van der Waals surface area contributed by atoms with Gasteiger partial charge in [0.05, 0.1) is 6.61 Å². The zero-order valence-corrected chi connectivity index (χ0v) is 15.5. The summed E-state index contributed by atoms with van der Waals surface area (Å²) in [6, 6.07) is 0. The maximum Gasteiger partial charge on any atom is 0.540 e. The van der Waals surface area contributed by atoms with Gasteiger partial charge in [-0.25, -0.2) is 14.6 Å². The number of aliphatic carboxylic acids is 1. The van der Waals surface area contributed by atoms with Gasteiger partial charge in [0.15, 0.2) is 0 Å². The molecule has 0 aromatic rings. The molecule has 2 N–H and O–H groups in total. The highest BCUT2D eigenvalue weighted by Crippen LogP contribution is 2.12. The number of hydrogen-bond acceptors (Lipinski definition) is 9. The lowest BCUT2D eigenvalue weighted by molar-refractivity contribution is -0.785. The summed E-state index contributed by atoms with van der Waals surface area (Å²) in [4.78, 5) is 28.2. The van der Waals surface area contributed by atoms with Gasteiger partial charge in [-0.15, -0.1) is 0 Å². The van der Waals surface area contributed by atoms with Crippen molar-refractivity contribution in [1.29, 1.82) is 0 Å². The van der Waals surface area contributed by atoms with Crippen LogP contribution in [0.5, 0.6) is 0 Å². The molecule has 0 rings (SSSR count). The van der Waals surface area contributed by atoms with E-state index in [2.05, 4.69) is 35.0 Å². The number of carbonyl (C=O) groups is 2. The lowest BCUT2D eigenvalue weighted by atomic mass is 10.0. The molecule has 0 saturated heterocycles. The highest BCUT2D eigenvalue weighted by Gasteiger charge is 2.00. The Morgan fingerprint density at radius 2 is 1.00 bits per heavy atom. The Hall–Kier alpha value is -1.50. The van der Waals surface area contributed by atoms with Gasteiger partial charge in [0.2, 0.25) is 0 Å². The van der Waals surface area contributed by atoms with Crippen LogP contribution >= 0.6 is 0 Å². The van der Waals surface area contributed by atoms with Crippen LogP contribution < -0.4 is 0 Å². The topological polar surface area (TPSA) is 139 Å². The SMILES string of the molecule is O=C(O)CCCCCCCCCCCCCCOOOOOOOC(=O)O. The van der Waals surface area contributed by atoms with E-state index in [0.29, 0.717) is 6.61 Å². The first-order valence-corrected chi connectivity index (χ1v) is 9.20. The Bertz CT molecular complexity index is 319. The molecule has 11 nitrogen and oxygen atoms in total. The van der Waals surface area contributed by atoms with Gasteiger partial charge >= 0.3 is 12.1 Å². The highest BCUT2D eigenvalue weighted by atomic mass is 17.9. The standard InChI is InChI=1S/C16H30O11/c17-15(18)13-11-9-7-5-3-1-2-4-6-8-10-12-14-21-23-25-27-26-24-22-16(19)20/h1-14H2,(H,17,18)(H,19,20). The van der Waals surface area contributed by atoms with Gasteiger partial charge in [0.25, 0.3) is 0 Å². The first kappa shape index (κ1) is 25.5. The van der Waals surface area contributed by atoms with Crippen LogP contribution in [-0.4, -0.2) is 28.9 Å². The summed E-state index contributed by atoms with van der Waals surface area (Å²) in [5, 5.41) is 35.4. The zero-order chi connectivity index (χ0) is 20.0. The smallest absolute Gasteiger partial charge is 0.481 e. The summed E-state index contributed by atoms with van der Waals surface area (Å²) in [5.41, 5.74) is 0. The van der Waals surface area contributed by atoms with Gasteiger partial charge in [0.1, 0.15) is 0 Å². The Morgan fingerprint density at radius 1 is 0.556 bits per heavy atom. The van der Waals surface area contributed by atoms with E-state index in [1.54, 1.807) is 0 Å². The molecule has 27 heavy (non-hydrogen) atoms. The number of unbranched alkanes of at least 4 members (excludes halogenated alkanes) is 11. The van der Waals surface area contributed by atoms with Crippen molar-refractivity contribution in [2.24, 2.45) is 0 Å². The molecule has 0 spiro atoms. The molecule has 0 aliphatic heterocycles. The molecule has 0 aromatic heterocycles. The highest BCUT2D eigenvalue weighted by molar-refractivity contribution is 5.66. The second-order valence-corrected chi connectivity index (χ2v) is 5.90. The third-order valence-electron chi connectivity index (χ3n) is 3.63. The van der Waals surface area contributed by atoms with E-state index in [4.69, 9.17) is 10.2 Å². The maximum atomic E-state index is 10.4. The molecule has 0 aliphatic rings. The van der Waals surface area contributed by atoms with Gasteiger partial charge in [-0.1, -0.05) is 64.2 Å². The quantitative estimate of drug-likeness (QED) is 0.161. The van der Waals surface area contributed by atoms with Gasteiger partial charge in [-0.2, -0.15) is 0 Å². The predicted octanol–water partition coefficient (Wildman–Crippen LogP) is 4.43. The van der Waals surface area contributed by atoms with Crippen molar-refractivity contribution in [3.05, 3.63) is 0 Å². The number of rotatable bonds is 21. The molecular weight excluding hydrogens is 368 g/mol. The van der Waals surface area contributed by atoms with Crippen LogP contribution in [0.15, 0.2) is 0 Å². The third-order valence-corrected chi connectivity index (χ3v) is 3.63. The summed E-state index contributed by atoms with van der Waals surface area (Å²) in [5.74, 6) is -0.707. The normalized spacial score (nSPS) is 10.8. The van der Waals surface area contributed by atoms with Crippen molar-refractivity contribution in [3.8, 4) is 0 Å². The molecule has 0 atom stereocenters. The van der Waals surface area contributed by atoms with Crippen LogP contribution in [0.4, 0.5) is 4.79 Å². The zero-order valence-electron chi connectivity index (χ0n) is 15.5. The summed E-state index contributed by atoms with van der Waals surface area (Å²) < 4.78 is 0. The van der Waals surface area contributed by atoms with Crippen molar-refractivity contribution < 1.29 is 54.8 Å². The van der Waals surface area contributed by atoms with Crippen LogP contribution in [0, 0.1) is 0 Å². The van der Waals surface area contributed by atoms with E-state index in [0.717, 1.165) is 38.5 Å². The van der Waals surface area contributed by atoms with Crippen LogP contribution in [0.3, 0.4) is 0 Å². The fourth-order valence-electron chi connectivity index (χ4n) is 2.34. The van der Waals surface area contributed by atoms with Crippen molar-refractivity contribution in [3.63, 3.8) is 0 Å². The fourth-order valence-corrected chi connectivity index (χ4v) is 2.34. The molecule has 0 aromatic carbocycles. The molecule has 160 valence electrons. The lowest BCUT2D eigenvalue weighted by Crippen LogP contribution is -2.05. The largest absolute Gasteiger partial charge is 0.540 e. The van der Waals surface area contributed by atoms with Crippen molar-refractivity contribution in [2.75, 3.05) is 6.61 Å². The van der Waals surface area contributed by atoms with E-state index < -0.39 is 12.1 Å². The molecule has 0 heterocycles. The molecule has 0 unspecified atom stereocenters. The van der Waals surface area contributed by atoms with Crippen LogP contribution in [0.2, 0.25) is 0 Å². The second-order valence-electron chi connectivity index (χ2n) is 5.90. The molecule has 0 amide bonds. The minimum Gasteiger partial charge on any atom is -0.481 e. The van der Waals surface area contributed by atoms with Crippen molar-refractivity contribution in [1.82, 2.24) is 0 Å². The molecule has 0 saturated carbocycles. The van der Waals surface area contributed by atoms with Gasteiger partial charge in [-0.3, -0.25) is 4.79 Å². The molecular formula is C16H30O11. The fraction of sp³-hybridized carbons (Fsp3) is 0.875. The molecule has 0 aliphatic carbocycles. The number of carboxylic acid groups (broad SMARTS) is 2. The minimum atomic E-state index is -1.72.